The first-order valence-corrected chi connectivity index (χ1v) is 11.9. The Bertz CT molecular complexity index is 292. The Morgan fingerprint density at radius 1 is 0.609 bits per heavy atom. The predicted molar refractivity (Wildman–Crippen MR) is 105 cm³/mol. The molecule has 2 aliphatic rings. The van der Waals surface area contributed by atoms with Crippen LogP contribution in [-0.2, 0) is 9.47 Å². The second-order valence-corrected chi connectivity index (χ2v) is 9.13. The van der Waals surface area contributed by atoms with Crippen molar-refractivity contribution in [2.75, 3.05) is 23.9 Å². The summed E-state index contributed by atoms with van der Waals surface area (Å²) >= 11 is 7.22. The molecular weight excluding hydrogens is 420 g/mol. The van der Waals surface area contributed by atoms with Crippen molar-refractivity contribution in [3.05, 3.63) is 0 Å². The van der Waals surface area contributed by atoms with Crippen LogP contribution >= 0.6 is 31.9 Å². The van der Waals surface area contributed by atoms with Gasteiger partial charge in [0.1, 0.15) is 0 Å². The van der Waals surface area contributed by atoms with Gasteiger partial charge in [0.05, 0.1) is 13.2 Å². The maximum Gasteiger partial charge on any atom is 0.168 e. The van der Waals surface area contributed by atoms with E-state index in [1.807, 2.05) is 0 Å². The number of hydrogen-bond acceptors (Lipinski definition) is 2. The predicted octanol–water partition coefficient (Wildman–Crippen LogP) is 6.59. The van der Waals surface area contributed by atoms with E-state index in [1.54, 1.807) is 0 Å². The topological polar surface area (TPSA) is 18.5 Å². The number of ether oxygens (including phenoxy) is 2. The van der Waals surface area contributed by atoms with Crippen LogP contribution in [0, 0.1) is 5.41 Å². The Morgan fingerprint density at radius 3 is 1.39 bits per heavy atom. The molecule has 0 amide bonds. The largest absolute Gasteiger partial charge is 0.349 e. The number of halogens is 2. The van der Waals surface area contributed by atoms with Crippen molar-refractivity contribution in [1.29, 1.82) is 0 Å². The molecule has 0 aromatic carbocycles. The van der Waals surface area contributed by atoms with Crippen molar-refractivity contribution in [3.8, 4) is 0 Å². The zero-order valence-corrected chi connectivity index (χ0v) is 17.8. The molecule has 1 aliphatic heterocycles. The normalized spacial score (nSPS) is 26.3. The molecule has 1 aliphatic carbocycles. The van der Waals surface area contributed by atoms with Crippen molar-refractivity contribution >= 4 is 31.9 Å². The molecule has 1 spiro atoms. The Balaban J connectivity index is 1.92. The van der Waals surface area contributed by atoms with Gasteiger partial charge in [-0.3, -0.25) is 0 Å². The van der Waals surface area contributed by atoms with E-state index in [0.717, 1.165) is 49.6 Å². The SMILES string of the molecule is BrCCC1(CCBr)COC2(CCCCCCCCCCC2)OC1. The molecule has 2 nitrogen and oxygen atoms in total. The average Bonchev–Trinajstić information content (AvgIpc) is 2.54. The lowest BCUT2D eigenvalue weighted by atomic mass is 9.82. The molecule has 0 unspecified atom stereocenters. The fourth-order valence-corrected chi connectivity index (χ4v) is 5.59. The summed E-state index contributed by atoms with van der Waals surface area (Å²) < 4.78 is 12.9. The van der Waals surface area contributed by atoms with Gasteiger partial charge in [0.15, 0.2) is 5.79 Å². The third-order valence-electron chi connectivity index (χ3n) is 5.65. The number of alkyl halides is 2. The quantitative estimate of drug-likeness (QED) is 0.447. The maximum atomic E-state index is 6.47. The van der Waals surface area contributed by atoms with Crippen LogP contribution in [0.2, 0.25) is 0 Å². The van der Waals surface area contributed by atoms with Crippen LogP contribution in [0.1, 0.15) is 83.5 Å². The summed E-state index contributed by atoms with van der Waals surface area (Å²) in [6.07, 6.45) is 16.6. The lowest BCUT2D eigenvalue weighted by Crippen LogP contribution is -2.50. The van der Waals surface area contributed by atoms with Crippen molar-refractivity contribution in [3.63, 3.8) is 0 Å². The first-order chi connectivity index (χ1) is 11.2. The summed E-state index contributed by atoms with van der Waals surface area (Å²) in [5, 5.41) is 2.05. The minimum atomic E-state index is -0.276. The lowest BCUT2D eigenvalue weighted by Gasteiger charge is -2.47. The Labute approximate surface area is 159 Å². The van der Waals surface area contributed by atoms with E-state index >= 15 is 0 Å². The van der Waals surface area contributed by atoms with Gasteiger partial charge in [-0.15, -0.1) is 0 Å². The van der Waals surface area contributed by atoms with Gasteiger partial charge in [-0.2, -0.15) is 0 Å². The molecule has 136 valence electrons. The molecule has 0 bridgehead atoms. The Kier molecular flexibility index (Phi) is 9.46. The maximum absolute atomic E-state index is 6.47. The summed E-state index contributed by atoms with van der Waals surface area (Å²) in [4.78, 5) is 0. The molecule has 1 heterocycles. The summed E-state index contributed by atoms with van der Waals surface area (Å²) in [7, 11) is 0. The fraction of sp³-hybridized carbons (Fsp3) is 1.00. The molecule has 0 radical (unpaired) electrons. The zero-order chi connectivity index (χ0) is 16.4. The third-order valence-corrected chi connectivity index (χ3v) is 6.44. The highest BCUT2D eigenvalue weighted by atomic mass is 79.9. The summed E-state index contributed by atoms with van der Waals surface area (Å²) in [6.45, 7) is 1.73. The molecule has 23 heavy (non-hydrogen) atoms. The molecule has 2 fully saturated rings. The van der Waals surface area contributed by atoms with Crippen LogP contribution in [0.5, 0.6) is 0 Å². The smallest absolute Gasteiger partial charge is 0.168 e. The van der Waals surface area contributed by atoms with Gasteiger partial charge in [0.25, 0.3) is 0 Å². The highest BCUT2D eigenvalue weighted by Gasteiger charge is 2.43. The average molecular weight is 454 g/mol. The Hall–Kier alpha value is 0.880. The molecule has 0 N–H and O–H groups in total. The van der Waals surface area contributed by atoms with E-state index in [0.29, 0.717) is 0 Å². The number of hydrogen-bond donors (Lipinski definition) is 0. The monoisotopic (exact) mass is 452 g/mol. The minimum absolute atomic E-state index is 0.196. The van der Waals surface area contributed by atoms with Crippen LogP contribution in [0.25, 0.3) is 0 Å². The molecule has 1 saturated carbocycles. The molecular formula is C19H34Br2O2. The molecule has 2 rings (SSSR count). The highest BCUT2D eigenvalue weighted by Crippen LogP contribution is 2.41. The highest BCUT2D eigenvalue weighted by molar-refractivity contribution is 9.09. The zero-order valence-electron chi connectivity index (χ0n) is 14.6. The van der Waals surface area contributed by atoms with Gasteiger partial charge >= 0.3 is 0 Å². The van der Waals surface area contributed by atoms with E-state index in [-0.39, 0.29) is 11.2 Å². The molecule has 0 atom stereocenters. The summed E-state index contributed by atoms with van der Waals surface area (Å²) in [5.41, 5.74) is 0.196. The Morgan fingerprint density at radius 2 is 1.00 bits per heavy atom. The van der Waals surface area contributed by atoms with Gasteiger partial charge < -0.3 is 9.47 Å². The van der Waals surface area contributed by atoms with Crippen molar-refractivity contribution in [2.45, 2.75) is 89.3 Å². The minimum Gasteiger partial charge on any atom is -0.349 e. The third kappa shape index (κ3) is 6.60. The first-order valence-electron chi connectivity index (χ1n) is 9.64. The first kappa shape index (κ1) is 20.2. The molecule has 0 aromatic heterocycles. The van der Waals surface area contributed by atoms with E-state index in [2.05, 4.69) is 31.9 Å². The van der Waals surface area contributed by atoms with E-state index < -0.39 is 0 Å². The van der Waals surface area contributed by atoms with E-state index in [1.165, 1.54) is 57.8 Å². The molecule has 0 aromatic rings. The number of rotatable bonds is 4. The van der Waals surface area contributed by atoms with Crippen LogP contribution in [0.4, 0.5) is 0 Å². The van der Waals surface area contributed by atoms with Gasteiger partial charge in [0, 0.05) is 28.9 Å². The van der Waals surface area contributed by atoms with Gasteiger partial charge in [-0.25, -0.2) is 0 Å². The van der Waals surface area contributed by atoms with Crippen molar-refractivity contribution in [1.82, 2.24) is 0 Å². The van der Waals surface area contributed by atoms with Crippen LogP contribution in [-0.4, -0.2) is 29.7 Å². The second-order valence-electron chi connectivity index (χ2n) is 7.55. The van der Waals surface area contributed by atoms with Crippen molar-refractivity contribution < 1.29 is 9.47 Å². The fourth-order valence-electron chi connectivity index (χ4n) is 3.91. The lowest BCUT2D eigenvalue weighted by molar-refractivity contribution is -0.311. The molecule has 1 saturated heterocycles. The van der Waals surface area contributed by atoms with Crippen molar-refractivity contribution in [2.24, 2.45) is 5.41 Å². The van der Waals surface area contributed by atoms with Gasteiger partial charge in [-0.1, -0.05) is 76.8 Å². The van der Waals surface area contributed by atoms with Crippen LogP contribution in [0.3, 0.4) is 0 Å². The van der Waals surface area contributed by atoms with Gasteiger partial charge in [-0.05, 0) is 25.7 Å². The summed E-state index contributed by atoms with van der Waals surface area (Å²) in [5.74, 6) is -0.276. The van der Waals surface area contributed by atoms with E-state index in [9.17, 15) is 0 Å². The van der Waals surface area contributed by atoms with Crippen LogP contribution in [0.15, 0.2) is 0 Å². The second kappa shape index (κ2) is 10.8. The van der Waals surface area contributed by atoms with Gasteiger partial charge in [0.2, 0.25) is 0 Å². The summed E-state index contributed by atoms with van der Waals surface area (Å²) in [6, 6.07) is 0. The van der Waals surface area contributed by atoms with E-state index in [4.69, 9.17) is 9.47 Å². The van der Waals surface area contributed by atoms with Crippen LogP contribution < -0.4 is 0 Å². The molecule has 4 heteroatoms. The standard InChI is InChI=1S/C19H34Br2O2/c20-14-12-18(13-15-21)16-22-19(23-17-18)10-8-6-4-2-1-3-5-7-9-11-19/h1-17H2.